The van der Waals surface area contributed by atoms with E-state index in [1.807, 2.05) is 67.6 Å². The number of carbonyl (C=O) groups excluding carboxylic acids is 8. The first-order valence-electron chi connectivity index (χ1n) is 32.5. The normalized spacial score (nSPS) is 18.0. The van der Waals surface area contributed by atoms with Crippen LogP contribution in [-0.4, -0.2) is 132 Å². The van der Waals surface area contributed by atoms with Crippen molar-refractivity contribution >= 4 is 71.7 Å². The van der Waals surface area contributed by atoms with Gasteiger partial charge in [0.1, 0.15) is 19.0 Å². The van der Waals surface area contributed by atoms with Gasteiger partial charge in [-0.2, -0.15) is 0 Å². The van der Waals surface area contributed by atoms with Gasteiger partial charge in [0.2, 0.25) is 11.8 Å². The summed E-state index contributed by atoms with van der Waals surface area (Å²) < 4.78 is 34.1. The Balaban J connectivity index is 0.000000439. The summed E-state index contributed by atoms with van der Waals surface area (Å²) in [6.07, 6.45) is 15.2. The van der Waals surface area contributed by atoms with Crippen molar-refractivity contribution in [2.75, 3.05) is 62.0 Å². The molecule has 7 unspecified atom stereocenters. The number of benzene rings is 3. The Bertz CT molecular complexity index is 2620. The molecule has 3 aromatic rings. The van der Waals surface area contributed by atoms with Gasteiger partial charge in [-0.15, -0.1) is 24.0 Å². The number of cyclic esters (lactones) is 2. The molecule has 90 heavy (non-hydrogen) atoms. The van der Waals surface area contributed by atoms with Crippen LogP contribution in [0.4, 0.5) is 9.59 Å². The monoisotopic (exact) mass is 1370 g/mol. The molecular weight excluding hydrogens is 1260 g/mol. The number of methoxy groups -OCH3 is 5. The molecule has 17 nitrogen and oxygen atoms in total. The zero-order valence-corrected chi connectivity index (χ0v) is 59.0. The number of hydrogen-bond acceptors (Lipinski definition) is 15. The number of Topliss-reactive ketones (excluding diaryl/α,β-unsaturated/α-hetero) is 1. The third-order valence-electron chi connectivity index (χ3n) is 18.3. The van der Waals surface area contributed by atoms with Crippen LogP contribution in [-0.2, 0) is 81.2 Å². The van der Waals surface area contributed by atoms with E-state index in [2.05, 4.69) is 53.2 Å². The first-order valence-corrected chi connectivity index (χ1v) is 32.5. The molecule has 0 N–H and O–H groups in total. The molecular formula is C72H109IN2O15. The lowest BCUT2D eigenvalue weighted by atomic mass is 9.77. The largest absolute Gasteiger partial charge is 0.469 e. The molecule has 3 fully saturated rings. The Hall–Kier alpha value is -5.73. The topological polar surface area (TPSA) is 208 Å². The highest BCUT2D eigenvalue weighted by Gasteiger charge is 2.41. The summed E-state index contributed by atoms with van der Waals surface area (Å²) in [5.41, 5.74) is 10.3. The van der Waals surface area contributed by atoms with E-state index in [1.54, 1.807) is 14.2 Å². The van der Waals surface area contributed by atoms with Gasteiger partial charge in [0.25, 0.3) is 0 Å². The number of imide groups is 2. The van der Waals surface area contributed by atoms with Crippen LogP contribution in [0.15, 0.2) is 60.7 Å². The van der Waals surface area contributed by atoms with Gasteiger partial charge in [0, 0.05) is 71.9 Å². The third kappa shape index (κ3) is 27.6. The lowest BCUT2D eigenvalue weighted by Gasteiger charge is -2.28. The number of carbonyl (C=O) groups is 8. The minimum Gasteiger partial charge on any atom is -0.469 e. The van der Waals surface area contributed by atoms with Gasteiger partial charge in [-0.05, 0) is 186 Å². The fourth-order valence-electron chi connectivity index (χ4n) is 12.3. The van der Waals surface area contributed by atoms with Gasteiger partial charge >= 0.3 is 30.1 Å². The molecule has 4 amide bonds. The quantitative estimate of drug-likeness (QED) is 0.0246. The summed E-state index contributed by atoms with van der Waals surface area (Å²) in [6, 6.07) is 19.0. The van der Waals surface area contributed by atoms with Crippen LogP contribution in [0.5, 0.6) is 0 Å². The van der Waals surface area contributed by atoms with Gasteiger partial charge in [0.15, 0.2) is 0 Å². The predicted molar refractivity (Wildman–Crippen MR) is 361 cm³/mol. The highest BCUT2D eigenvalue weighted by Crippen LogP contribution is 2.44. The molecule has 0 spiro atoms. The molecule has 0 bridgehead atoms. The molecule has 7 atom stereocenters. The number of nitrogens with zero attached hydrogens (tertiary/aromatic N) is 2. The molecule has 0 radical (unpaired) electrons. The van der Waals surface area contributed by atoms with Crippen molar-refractivity contribution in [1.82, 2.24) is 9.80 Å². The molecule has 2 heterocycles. The van der Waals surface area contributed by atoms with Crippen molar-refractivity contribution < 1.29 is 71.5 Å². The lowest BCUT2D eigenvalue weighted by Crippen LogP contribution is -2.43. The fourth-order valence-corrected chi connectivity index (χ4v) is 12.3. The Kier molecular flexibility index (Phi) is 39.9. The summed E-state index contributed by atoms with van der Waals surface area (Å²) >= 11 is 0. The van der Waals surface area contributed by atoms with Gasteiger partial charge < -0.3 is 33.2 Å². The molecule has 1 saturated carbocycles. The first-order chi connectivity index (χ1) is 42.7. The zero-order valence-electron chi connectivity index (χ0n) is 56.6. The lowest BCUT2D eigenvalue weighted by molar-refractivity contribution is -0.142. The predicted octanol–water partition coefficient (Wildman–Crippen LogP) is 14.5. The van der Waals surface area contributed by atoms with Crippen molar-refractivity contribution in [3.05, 3.63) is 105 Å². The second-order valence-corrected chi connectivity index (χ2v) is 24.2. The first kappa shape index (κ1) is 80.4. The number of rotatable bonds is 32. The highest BCUT2D eigenvalue weighted by atomic mass is 127. The molecule has 3 aliphatic rings. The van der Waals surface area contributed by atoms with Crippen LogP contribution in [0, 0.1) is 64.2 Å². The smallest absolute Gasteiger partial charge is 0.416 e. The summed E-state index contributed by atoms with van der Waals surface area (Å²) in [4.78, 5) is 98.3. The summed E-state index contributed by atoms with van der Waals surface area (Å²) in [6.45, 7) is 19.5. The number of unbranched alkanes of at least 4 members (excludes halogenated alkanes) is 3. The van der Waals surface area contributed by atoms with E-state index >= 15 is 0 Å². The third-order valence-corrected chi connectivity index (χ3v) is 18.3. The van der Waals surface area contributed by atoms with E-state index in [-0.39, 0.29) is 85.4 Å². The SMILES string of the molecule is CCCC(=O)OC.COC(=O)CCCC(CCC(=O)CCc1c(C)c(C)c(C)c(C)c1C)C1CCC(C)C1C.COCCCCC(CCC(=O)OC)C(=O)N1C(=O)OCC1Cc1ccccc1.COCCCCCC(=O)N1C(=O)OCC1Cc1ccccc1.I. The van der Waals surface area contributed by atoms with E-state index < -0.39 is 18.1 Å². The zero-order chi connectivity index (χ0) is 65.8. The minimum absolute atomic E-state index is 0. The van der Waals surface area contributed by atoms with E-state index in [1.165, 1.54) is 77.4 Å². The van der Waals surface area contributed by atoms with Crippen molar-refractivity contribution in [3.8, 4) is 0 Å². The van der Waals surface area contributed by atoms with Gasteiger partial charge in [-0.3, -0.25) is 28.8 Å². The van der Waals surface area contributed by atoms with E-state index in [0.29, 0.717) is 94.5 Å². The van der Waals surface area contributed by atoms with Crippen LogP contribution >= 0.6 is 24.0 Å². The molecule has 504 valence electrons. The van der Waals surface area contributed by atoms with Crippen LogP contribution < -0.4 is 0 Å². The molecule has 3 aromatic carbocycles. The second kappa shape index (κ2) is 44.7. The standard InChI is InChI=1S/C29H46O3.C21H29NO6.C17H23NO4.C5H10O2.HI/c1-18-12-16-28(19(18)2)25(10-9-11-29(31)32-8)13-14-26(30)15-17-27-23(6)21(4)20(3)22(5)24(27)7;1-26-13-7-6-10-17(11-12-19(23)27-2)20(24)22-18(15-28-21(22)25)14-16-8-4-3-5-9-16;1-21-11-7-3-6-10-16(19)18-15(13-22-17(18)20)12-14-8-4-2-5-9-14;1-3-4-5(6)7-2;/h18-19,25,28H,9-17H2,1-8H3;3-5,8-9,17-18H,6-7,10-15H2,1-2H3;2,4-5,8-9,15H,3,6-7,10-13H2,1H3;3-4H2,1-2H3;1H. The number of amides is 4. The number of hydrogen-bond donors (Lipinski definition) is 0. The Morgan fingerprint density at radius 3 is 1.53 bits per heavy atom. The molecule has 2 saturated heterocycles. The average Bonchev–Trinajstić information content (AvgIpc) is 1.63. The van der Waals surface area contributed by atoms with E-state index in [4.69, 9.17) is 28.4 Å². The summed E-state index contributed by atoms with van der Waals surface area (Å²) in [5, 5.41) is 0. The van der Waals surface area contributed by atoms with Gasteiger partial charge in [-0.1, -0.05) is 101 Å². The minimum atomic E-state index is -0.606. The maximum absolute atomic E-state index is 13.2. The number of halogens is 1. The number of esters is 3. The molecule has 0 aromatic heterocycles. The van der Waals surface area contributed by atoms with Crippen LogP contribution in [0.2, 0.25) is 0 Å². The molecule has 1 aliphatic carbocycles. The molecule has 2 aliphatic heterocycles. The number of ketones is 1. The Morgan fingerprint density at radius 1 is 0.533 bits per heavy atom. The van der Waals surface area contributed by atoms with Crippen LogP contribution in [0.25, 0.3) is 0 Å². The van der Waals surface area contributed by atoms with Gasteiger partial charge in [-0.25, -0.2) is 19.4 Å². The maximum Gasteiger partial charge on any atom is 0.416 e. The Morgan fingerprint density at radius 2 is 1.03 bits per heavy atom. The maximum atomic E-state index is 13.2. The van der Waals surface area contributed by atoms with Crippen molar-refractivity contribution in [2.45, 2.75) is 209 Å². The van der Waals surface area contributed by atoms with Crippen LogP contribution in [0.1, 0.15) is 187 Å². The van der Waals surface area contributed by atoms with Crippen molar-refractivity contribution in [2.24, 2.45) is 29.6 Å². The highest BCUT2D eigenvalue weighted by molar-refractivity contribution is 14.0. The fraction of sp³-hybridized carbons (Fsp3) is 0.639. The summed E-state index contributed by atoms with van der Waals surface area (Å²) in [7, 11) is 7.48. The van der Waals surface area contributed by atoms with Crippen molar-refractivity contribution in [3.63, 3.8) is 0 Å². The summed E-state index contributed by atoms with van der Waals surface area (Å²) in [5.74, 6) is 1.62. The van der Waals surface area contributed by atoms with Gasteiger partial charge in [0.05, 0.1) is 33.4 Å². The van der Waals surface area contributed by atoms with Crippen LogP contribution in [0.3, 0.4) is 0 Å². The Labute approximate surface area is 555 Å². The van der Waals surface area contributed by atoms with E-state index in [9.17, 15) is 38.4 Å². The molecule has 6 rings (SSSR count). The van der Waals surface area contributed by atoms with E-state index in [0.717, 1.165) is 81.3 Å². The average molecular weight is 1370 g/mol. The second-order valence-electron chi connectivity index (χ2n) is 24.2. The number of ether oxygens (including phenoxy) is 7. The van der Waals surface area contributed by atoms with Crippen molar-refractivity contribution in [1.29, 1.82) is 0 Å². The molecule has 18 heteroatoms.